The molecule has 0 radical (unpaired) electrons. The maximum atomic E-state index is 11.4. The van der Waals surface area contributed by atoms with Crippen molar-refractivity contribution in [3.05, 3.63) is 29.2 Å². The van der Waals surface area contributed by atoms with Gasteiger partial charge in [0.1, 0.15) is 11.7 Å². The topological polar surface area (TPSA) is 76.7 Å². The summed E-state index contributed by atoms with van der Waals surface area (Å²) in [5.74, 6) is -0.904. The number of aromatic nitrogens is 3. The highest BCUT2D eigenvalue weighted by Gasteiger charge is 2.26. The van der Waals surface area contributed by atoms with Gasteiger partial charge in [-0.15, -0.1) is 0 Å². The van der Waals surface area contributed by atoms with Crippen molar-refractivity contribution >= 4 is 11.6 Å². The van der Waals surface area contributed by atoms with Gasteiger partial charge in [-0.25, -0.2) is 14.3 Å². The monoisotopic (exact) mass is 263 g/mol. The van der Waals surface area contributed by atoms with E-state index in [4.69, 9.17) is 4.74 Å². The number of carboxylic acid groups (broad SMARTS) is 1. The number of rotatable bonds is 4. The molecule has 0 spiro atoms. The number of hydrogen-bond acceptors (Lipinski definition) is 4. The Bertz CT molecular complexity index is 619. The second-order valence-corrected chi connectivity index (χ2v) is 4.82. The molecule has 0 aliphatic rings. The van der Waals surface area contributed by atoms with Crippen molar-refractivity contribution in [2.75, 3.05) is 7.11 Å². The van der Waals surface area contributed by atoms with Crippen LogP contribution in [0.4, 0.5) is 0 Å². The molecule has 0 aromatic carbocycles. The average molecular weight is 263 g/mol. The van der Waals surface area contributed by atoms with Crippen LogP contribution in [0.5, 0.6) is 0 Å². The van der Waals surface area contributed by atoms with Crippen LogP contribution < -0.4 is 0 Å². The Hall–Kier alpha value is -1.95. The normalized spacial score (nSPS) is 13.1. The number of aryl methyl sites for hydroxylation is 1. The summed E-state index contributed by atoms with van der Waals surface area (Å²) in [5.41, 5.74) is 2.06. The number of nitrogens with zero attached hydrogens (tertiary/aromatic N) is 3. The van der Waals surface area contributed by atoms with Crippen molar-refractivity contribution < 1.29 is 14.6 Å². The van der Waals surface area contributed by atoms with Crippen LogP contribution in [0.1, 0.15) is 41.7 Å². The molecule has 6 nitrogen and oxygen atoms in total. The highest BCUT2D eigenvalue weighted by atomic mass is 16.5. The molecular weight excluding hydrogens is 246 g/mol. The van der Waals surface area contributed by atoms with Crippen molar-refractivity contribution in [1.29, 1.82) is 0 Å². The van der Waals surface area contributed by atoms with Gasteiger partial charge in [0.25, 0.3) is 0 Å². The standard InChI is InChI=1S/C13H17N3O3/c1-7(2)12(19-4)11-9(13(17)18)6-14-10-5-8(3)15-16(10)11/h5-7,12H,1-4H3,(H,17,18)/t12-/m0/s1. The smallest absolute Gasteiger partial charge is 0.339 e. The van der Waals surface area contributed by atoms with Gasteiger partial charge >= 0.3 is 5.97 Å². The number of carbonyl (C=O) groups is 1. The van der Waals surface area contributed by atoms with E-state index in [1.165, 1.54) is 6.20 Å². The van der Waals surface area contributed by atoms with E-state index in [1.54, 1.807) is 11.6 Å². The zero-order valence-corrected chi connectivity index (χ0v) is 11.4. The molecule has 0 saturated carbocycles. The zero-order valence-electron chi connectivity index (χ0n) is 11.4. The van der Waals surface area contributed by atoms with Crippen LogP contribution >= 0.6 is 0 Å². The molecule has 2 aromatic heterocycles. The minimum Gasteiger partial charge on any atom is -0.478 e. The van der Waals surface area contributed by atoms with E-state index < -0.39 is 5.97 Å². The maximum Gasteiger partial charge on any atom is 0.339 e. The van der Waals surface area contributed by atoms with E-state index in [2.05, 4.69) is 10.1 Å². The molecule has 1 atom stereocenters. The predicted octanol–water partition coefficient (Wildman–Crippen LogP) is 2.08. The number of carboxylic acids is 1. The molecule has 1 N–H and O–H groups in total. The second kappa shape index (κ2) is 4.97. The van der Waals surface area contributed by atoms with Gasteiger partial charge in [0.05, 0.1) is 11.4 Å². The molecule has 19 heavy (non-hydrogen) atoms. The molecule has 0 saturated heterocycles. The molecule has 2 heterocycles. The van der Waals surface area contributed by atoms with Gasteiger partial charge in [-0.2, -0.15) is 5.10 Å². The molecular formula is C13H17N3O3. The molecule has 0 unspecified atom stereocenters. The number of hydrogen-bond donors (Lipinski definition) is 1. The number of methoxy groups -OCH3 is 1. The van der Waals surface area contributed by atoms with Gasteiger partial charge in [-0.3, -0.25) is 0 Å². The van der Waals surface area contributed by atoms with Gasteiger partial charge in [-0.1, -0.05) is 13.8 Å². The van der Waals surface area contributed by atoms with E-state index in [0.717, 1.165) is 5.69 Å². The largest absolute Gasteiger partial charge is 0.478 e. The van der Waals surface area contributed by atoms with Crippen LogP contribution in [0.25, 0.3) is 5.65 Å². The van der Waals surface area contributed by atoms with Crippen LogP contribution in [0, 0.1) is 12.8 Å². The highest BCUT2D eigenvalue weighted by Crippen LogP contribution is 2.28. The Morgan fingerprint density at radius 1 is 1.47 bits per heavy atom. The fourth-order valence-corrected chi connectivity index (χ4v) is 2.20. The first-order valence-corrected chi connectivity index (χ1v) is 6.07. The first-order chi connectivity index (χ1) is 8.95. The van der Waals surface area contributed by atoms with Crippen LogP contribution in [-0.4, -0.2) is 32.8 Å². The Balaban J connectivity index is 2.78. The fourth-order valence-electron chi connectivity index (χ4n) is 2.20. The third kappa shape index (κ3) is 2.31. The summed E-state index contributed by atoms with van der Waals surface area (Å²) in [6, 6.07) is 1.81. The summed E-state index contributed by atoms with van der Waals surface area (Å²) in [6.45, 7) is 5.79. The quantitative estimate of drug-likeness (QED) is 0.913. The molecule has 0 bridgehead atoms. The molecule has 6 heteroatoms. The summed E-state index contributed by atoms with van der Waals surface area (Å²) >= 11 is 0. The summed E-state index contributed by atoms with van der Waals surface area (Å²) in [5, 5.41) is 13.6. The summed E-state index contributed by atoms with van der Waals surface area (Å²) < 4.78 is 7.02. The van der Waals surface area contributed by atoms with Gasteiger partial charge in [0.2, 0.25) is 0 Å². The van der Waals surface area contributed by atoms with Crippen molar-refractivity contribution in [3.8, 4) is 0 Å². The van der Waals surface area contributed by atoms with Gasteiger partial charge < -0.3 is 9.84 Å². The minimum atomic E-state index is -1.03. The lowest BCUT2D eigenvalue weighted by atomic mass is 10.0. The first-order valence-electron chi connectivity index (χ1n) is 6.07. The molecule has 0 fully saturated rings. The van der Waals surface area contributed by atoms with E-state index in [0.29, 0.717) is 11.3 Å². The Kier molecular flexibility index (Phi) is 3.53. The van der Waals surface area contributed by atoms with Gasteiger partial charge in [-0.05, 0) is 12.8 Å². The molecule has 2 rings (SSSR count). The van der Waals surface area contributed by atoms with E-state index >= 15 is 0 Å². The van der Waals surface area contributed by atoms with E-state index in [-0.39, 0.29) is 17.6 Å². The van der Waals surface area contributed by atoms with Crippen molar-refractivity contribution in [3.63, 3.8) is 0 Å². The summed E-state index contributed by atoms with van der Waals surface area (Å²) in [6.07, 6.45) is 1.01. The lowest BCUT2D eigenvalue weighted by Crippen LogP contribution is -2.19. The van der Waals surface area contributed by atoms with Crippen LogP contribution in [0.3, 0.4) is 0 Å². The van der Waals surface area contributed by atoms with E-state index in [9.17, 15) is 9.90 Å². The third-order valence-corrected chi connectivity index (χ3v) is 3.00. The SMILES string of the molecule is CO[C@H](c1c(C(=O)O)cnc2cc(C)nn12)C(C)C. The molecule has 0 aliphatic carbocycles. The summed E-state index contributed by atoms with van der Waals surface area (Å²) in [4.78, 5) is 15.5. The summed E-state index contributed by atoms with van der Waals surface area (Å²) in [7, 11) is 1.57. The van der Waals surface area contributed by atoms with Gasteiger partial charge in [0.15, 0.2) is 5.65 Å². The number of aromatic carboxylic acids is 1. The van der Waals surface area contributed by atoms with Crippen molar-refractivity contribution in [2.45, 2.75) is 26.9 Å². The third-order valence-electron chi connectivity index (χ3n) is 3.00. The molecule has 102 valence electrons. The van der Waals surface area contributed by atoms with Crippen molar-refractivity contribution in [1.82, 2.24) is 14.6 Å². The lowest BCUT2D eigenvalue weighted by molar-refractivity contribution is 0.0542. The van der Waals surface area contributed by atoms with Crippen LogP contribution in [0.15, 0.2) is 12.3 Å². The Labute approximate surface area is 111 Å². The van der Waals surface area contributed by atoms with Crippen LogP contribution in [-0.2, 0) is 4.74 Å². The van der Waals surface area contributed by atoms with E-state index in [1.807, 2.05) is 26.8 Å². The van der Waals surface area contributed by atoms with Crippen LogP contribution in [0.2, 0.25) is 0 Å². The lowest BCUT2D eigenvalue weighted by Gasteiger charge is -2.21. The number of ether oxygens (including phenoxy) is 1. The molecule has 2 aromatic rings. The predicted molar refractivity (Wildman–Crippen MR) is 69.3 cm³/mol. The Morgan fingerprint density at radius 3 is 2.68 bits per heavy atom. The zero-order chi connectivity index (χ0) is 14.2. The molecule has 0 aliphatic heterocycles. The second-order valence-electron chi connectivity index (χ2n) is 4.82. The average Bonchev–Trinajstić information content (AvgIpc) is 2.69. The minimum absolute atomic E-state index is 0.121. The first kappa shape index (κ1) is 13.5. The Morgan fingerprint density at radius 2 is 2.16 bits per heavy atom. The fraction of sp³-hybridized carbons (Fsp3) is 0.462. The molecule has 0 amide bonds. The highest BCUT2D eigenvalue weighted by molar-refractivity contribution is 5.89. The van der Waals surface area contributed by atoms with Gasteiger partial charge in [0, 0.05) is 19.4 Å². The number of fused-ring (bicyclic) bond motifs is 1. The maximum absolute atomic E-state index is 11.4. The van der Waals surface area contributed by atoms with Crippen molar-refractivity contribution in [2.24, 2.45) is 5.92 Å².